The van der Waals surface area contributed by atoms with Crippen molar-refractivity contribution in [1.29, 1.82) is 0 Å². The fourth-order valence-electron chi connectivity index (χ4n) is 9.70. The zero-order valence-electron chi connectivity index (χ0n) is 35.6. The Morgan fingerprint density at radius 3 is 1.81 bits per heavy atom. The van der Waals surface area contributed by atoms with E-state index in [1.54, 1.807) is 5.57 Å². The summed E-state index contributed by atoms with van der Waals surface area (Å²) in [6.45, 7) is 15.7. The molecule has 0 unspecified atom stereocenters. The maximum Gasteiger partial charge on any atom is 0.0541 e. The molecule has 1 heterocycles. The zero-order chi connectivity index (χ0) is 40.8. The van der Waals surface area contributed by atoms with Gasteiger partial charge in [0.1, 0.15) is 0 Å². The lowest BCUT2D eigenvalue weighted by molar-refractivity contribution is 0.607. The molecule has 0 atom stereocenters. The molecule has 1 aromatic heterocycles. The van der Waals surface area contributed by atoms with Crippen LogP contribution >= 0.6 is 0 Å². The molecule has 0 saturated heterocycles. The van der Waals surface area contributed by atoms with Crippen molar-refractivity contribution in [2.75, 3.05) is 4.90 Å². The summed E-state index contributed by atoms with van der Waals surface area (Å²) in [6.07, 6.45) is 6.95. The molecule has 292 valence electrons. The van der Waals surface area contributed by atoms with Crippen LogP contribution in [0, 0.1) is 6.92 Å². The maximum absolute atomic E-state index is 2.46. The molecule has 0 spiro atoms. The quantitative estimate of drug-likeness (QED) is 0.157. The van der Waals surface area contributed by atoms with Gasteiger partial charge in [0.15, 0.2) is 0 Å². The van der Waals surface area contributed by atoms with Crippen molar-refractivity contribution in [1.82, 2.24) is 4.57 Å². The van der Waals surface area contributed by atoms with E-state index in [9.17, 15) is 0 Å². The number of para-hydroxylation sites is 2. The second-order valence-electron chi connectivity index (χ2n) is 16.7. The van der Waals surface area contributed by atoms with E-state index in [2.05, 4.69) is 214 Å². The molecule has 2 aliphatic carbocycles. The van der Waals surface area contributed by atoms with Gasteiger partial charge in [-0.2, -0.15) is 0 Å². The first-order valence-corrected chi connectivity index (χ1v) is 21.5. The van der Waals surface area contributed by atoms with Crippen molar-refractivity contribution < 1.29 is 0 Å². The summed E-state index contributed by atoms with van der Waals surface area (Å²) in [4.78, 5) is 2.46. The van der Waals surface area contributed by atoms with Gasteiger partial charge in [0.2, 0.25) is 0 Å². The predicted octanol–water partition coefficient (Wildman–Crippen LogP) is 16.4. The summed E-state index contributed by atoms with van der Waals surface area (Å²) in [5.74, 6) is 0.397. The lowest BCUT2D eigenvalue weighted by atomic mass is 9.78. The van der Waals surface area contributed by atoms with Gasteiger partial charge >= 0.3 is 0 Å². The minimum atomic E-state index is -0.0137. The predicted molar refractivity (Wildman–Crippen MR) is 255 cm³/mol. The Kier molecular flexibility index (Phi) is 9.97. The number of allylic oxidation sites excluding steroid dienone is 4. The van der Waals surface area contributed by atoms with Gasteiger partial charge in [0.25, 0.3) is 0 Å². The molecule has 0 fully saturated rings. The lowest BCUT2D eigenvalue weighted by Gasteiger charge is -2.30. The summed E-state index contributed by atoms with van der Waals surface area (Å²) in [6, 6.07) is 58.7. The largest absolute Gasteiger partial charge is 0.310 e. The van der Waals surface area contributed by atoms with Crippen LogP contribution in [0.1, 0.15) is 82.6 Å². The number of hydrogen-bond acceptors (Lipinski definition) is 1. The molecule has 0 amide bonds. The molecule has 0 aliphatic heterocycles. The second-order valence-corrected chi connectivity index (χ2v) is 16.7. The van der Waals surface area contributed by atoms with Crippen LogP contribution in [0.25, 0.3) is 55.3 Å². The van der Waals surface area contributed by atoms with Gasteiger partial charge in [-0.15, -0.1) is 0 Å². The van der Waals surface area contributed by atoms with E-state index in [-0.39, 0.29) is 5.41 Å². The lowest BCUT2D eigenvalue weighted by Crippen LogP contribution is -2.19. The van der Waals surface area contributed by atoms with E-state index in [1.165, 1.54) is 83.3 Å². The highest BCUT2D eigenvalue weighted by atomic mass is 15.1. The van der Waals surface area contributed by atoms with Crippen molar-refractivity contribution in [2.45, 2.75) is 72.6 Å². The zero-order valence-corrected chi connectivity index (χ0v) is 35.6. The molecule has 59 heavy (non-hydrogen) atoms. The van der Waals surface area contributed by atoms with E-state index >= 15 is 0 Å². The monoisotopic (exact) mass is 766 g/mol. The van der Waals surface area contributed by atoms with E-state index in [4.69, 9.17) is 0 Å². The molecule has 7 aromatic carbocycles. The number of aryl methyl sites for hydroxylation is 1. The number of rotatable bonds is 7. The molecular formula is C57H54N2. The average molecular weight is 767 g/mol. The Hall–Kier alpha value is -6.38. The molecule has 2 aliphatic rings. The number of nitrogens with zero attached hydrogens (tertiary/aromatic N) is 2. The van der Waals surface area contributed by atoms with Crippen molar-refractivity contribution in [2.24, 2.45) is 0 Å². The van der Waals surface area contributed by atoms with Crippen LogP contribution in [0.5, 0.6) is 0 Å². The third-order valence-electron chi connectivity index (χ3n) is 12.7. The Labute approximate surface area is 350 Å². The minimum Gasteiger partial charge on any atom is -0.310 e. The molecule has 0 saturated carbocycles. The van der Waals surface area contributed by atoms with Gasteiger partial charge in [-0.1, -0.05) is 156 Å². The van der Waals surface area contributed by atoms with Crippen LogP contribution in [-0.2, 0) is 5.41 Å². The van der Waals surface area contributed by atoms with Crippen LogP contribution in [0.15, 0.2) is 175 Å². The summed E-state index contributed by atoms with van der Waals surface area (Å²) < 4.78 is 2.38. The highest BCUT2D eigenvalue weighted by Gasteiger charge is 2.37. The molecule has 8 aromatic rings. The van der Waals surface area contributed by atoms with Gasteiger partial charge in [0, 0.05) is 38.9 Å². The van der Waals surface area contributed by atoms with E-state index in [0.29, 0.717) is 5.92 Å². The first kappa shape index (κ1) is 38.2. The van der Waals surface area contributed by atoms with Crippen molar-refractivity contribution in [3.63, 3.8) is 0 Å². The summed E-state index contributed by atoms with van der Waals surface area (Å²) in [5, 5.41) is 2.56. The Morgan fingerprint density at radius 1 is 0.576 bits per heavy atom. The number of aromatic nitrogens is 1. The number of fused-ring (bicyclic) bond motifs is 5. The van der Waals surface area contributed by atoms with Gasteiger partial charge in [-0.05, 0) is 136 Å². The smallest absolute Gasteiger partial charge is 0.0541 e. The number of benzene rings is 7. The molecular weight excluding hydrogens is 713 g/mol. The molecule has 2 nitrogen and oxygen atoms in total. The SMILES string of the molecule is CC.Cc1ccccc1-c1cc(N(c2ccc(-c3ccc(-n4c5ccccc5c5ccccc54)cc3)cc2)c2ccc3c(c2)C(C)(C)C2=C3C=CCC2)ccc1C(C)C. The van der Waals surface area contributed by atoms with Crippen LogP contribution in [0.4, 0.5) is 17.1 Å². The van der Waals surface area contributed by atoms with E-state index in [1.807, 2.05) is 13.8 Å². The highest BCUT2D eigenvalue weighted by molar-refractivity contribution is 6.09. The molecule has 0 radical (unpaired) electrons. The van der Waals surface area contributed by atoms with E-state index < -0.39 is 0 Å². The first-order chi connectivity index (χ1) is 28.8. The molecule has 2 heteroatoms. The Morgan fingerprint density at radius 2 is 1.15 bits per heavy atom. The van der Waals surface area contributed by atoms with Crippen LogP contribution in [0.2, 0.25) is 0 Å². The maximum atomic E-state index is 2.46. The van der Waals surface area contributed by atoms with Gasteiger partial charge in [-0.25, -0.2) is 0 Å². The molecule has 10 rings (SSSR count). The number of hydrogen-bond donors (Lipinski definition) is 0. The Balaban J connectivity index is 0.00000221. The van der Waals surface area contributed by atoms with Crippen LogP contribution < -0.4 is 4.90 Å². The normalized spacial score (nSPS) is 14.0. The van der Waals surface area contributed by atoms with Crippen molar-refractivity contribution >= 4 is 44.4 Å². The average Bonchev–Trinajstić information content (AvgIpc) is 3.73. The first-order valence-electron chi connectivity index (χ1n) is 21.5. The van der Waals surface area contributed by atoms with E-state index in [0.717, 1.165) is 24.2 Å². The number of anilines is 3. The summed E-state index contributed by atoms with van der Waals surface area (Å²) in [5.41, 5.74) is 20.5. The third kappa shape index (κ3) is 6.52. The third-order valence-corrected chi connectivity index (χ3v) is 12.7. The standard InChI is InChI=1S/C55H48N2.C2H6/c1-36(2)44-32-30-42(34-50(44)45-15-7-6-14-37(45)3)56(43-31-33-47-46-16-8-11-19-51(46)55(4,5)52(47)35-43)40-26-22-38(23-27-40)39-24-28-41(29-25-39)57-53-20-12-9-17-48(53)49-18-10-13-21-54(49)57;1-2/h6-10,12-18,20-36H,11,19H2,1-5H3;1-2H3. The fraction of sp³-hybridized carbons (Fsp3) is 0.193. The van der Waals surface area contributed by atoms with Gasteiger partial charge in [0.05, 0.1) is 11.0 Å². The Bertz CT molecular complexity index is 2840. The van der Waals surface area contributed by atoms with Gasteiger partial charge < -0.3 is 9.47 Å². The summed E-state index contributed by atoms with van der Waals surface area (Å²) >= 11 is 0. The van der Waals surface area contributed by atoms with Crippen molar-refractivity contribution in [3.8, 4) is 27.9 Å². The van der Waals surface area contributed by atoms with Gasteiger partial charge in [-0.3, -0.25) is 0 Å². The van der Waals surface area contributed by atoms with Crippen molar-refractivity contribution in [3.05, 3.63) is 198 Å². The molecule has 0 bridgehead atoms. The highest BCUT2D eigenvalue weighted by Crippen LogP contribution is 2.52. The van der Waals surface area contributed by atoms with Crippen LogP contribution in [0.3, 0.4) is 0 Å². The van der Waals surface area contributed by atoms with Crippen LogP contribution in [-0.4, -0.2) is 4.57 Å². The minimum absolute atomic E-state index is 0.0137. The second kappa shape index (κ2) is 15.4. The fourth-order valence-corrected chi connectivity index (χ4v) is 9.70. The topological polar surface area (TPSA) is 8.17 Å². The molecule has 0 N–H and O–H groups in total. The summed E-state index contributed by atoms with van der Waals surface area (Å²) in [7, 11) is 0.